The van der Waals surface area contributed by atoms with Crippen LogP contribution in [0.1, 0.15) is 32.3 Å². The van der Waals surface area contributed by atoms with Crippen LogP contribution >= 0.6 is 0 Å². The molecule has 18 heavy (non-hydrogen) atoms. The summed E-state index contributed by atoms with van der Waals surface area (Å²) in [5.74, 6) is 0.849. The second-order valence-corrected chi connectivity index (χ2v) is 4.00. The highest BCUT2D eigenvalue weighted by Gasteiger charge is 2.11. The van der Waals surface area contributed by atoms with Crippen molar-refractivity contribution < 1.29 is 13.9 Å². The lowest BCUT2D eigenvalue weighted by Crippen LogP contribution is -2.03. The van der Waals surface area contributed by atoms with E-state index in [9.17, 15) is 4.39 Å². The molecular formula is C14H22FNO2. The molecule has 1 aromatic carbocycles. The number of ether oxygens (including phenoxy) is 2. The lowest BCUT2D eigenvalue weighted by molar-refractivity contribution is 0.285. The minimum atomic E-state index is -0.237. The van der Waals surface area contributed by atoms with E-state index in [0.29, 0.717) is 43.2 Å². The Labute approximate surface area is 108 Å². The van der Waals surface area contributed by atoms with Crippen LogP contribution in [0.3, 0.4) is 0 Å². The first kappa shape index (κ1) is 14.8. The van der Waals surface area contributed by atoms with Crippen molar-refractivity contribution in [3.63, 3.8) is 0 Å². The molecule has 0 spiro atoms. The zero-order chi connectivity index (χ0) is 13.4. The van der Waals surface area contributed by atoms with Crippen molar-refractivity contribution in [1.82, 2.24) is 0 Å². The van der Waals surface area contributed by atoms with Crippen LogP contribution in [0.15, 0.2) is 12.1 Å². The van der Waals surface area contributed by atoms with Gasteiger partial charge in [-0.3, -0.25) is 0 Å². The SMILES string of the molecule is CCOc1cc(F)c(CCCCN)cc1OCC. The first-order valence-corrected chi connectivity index (χ1v) is 6.51. The average molecular weight is 255 g/mol. The van der Waals surface area contributed by atoms with Gasteiger partial charge >= 0.3 is 0 Å². The van der Waals surface area contributed by atoms with E-state index in [4.69, 9.17) is 15.2 Å². The second kappa shape index (κ2) is 7.93. The Morgan fingerprint density at radius 3 is 2.22 bits per heavy atom. The number of unbranched alkanes of at least 4 members (excludes halogenated alkanes) is 1. The summed E-state index contributed by atoms with van der Waals surface area (Å²) in [6.45, 7) is 5.42. The van der Waals surface area contributed by atoms with Crippen molar-refractivity contribution in [3.8, 4) is 11.5 Å². The molecule has 0 radical (unpaired) electrons. The largest absolute Gasteiger partial charge is 0.490 e. The highest BCUT2D eigenvalue weighted by molar-refractivity contribution is 5.44. The van der Waals surface area contributed by atoms with Crippen LogP contribution in [0, 0.1) is 5.82 Å². The molecule has 0 aliphatic carbocycles. The van der Waals surface area contributed by atoms with Crippen molar-refractivity contribution in [2.24, 2.45) is 5.73 Å². The Morgan fingerprint density at radius 2 is 1.67 bits per heavy atom. The van der Waals surface area contributed by atoms with Crippen LogP contribution in [0.2, 0.25) is 0 Å². The highest BCUT2D eigenvalue weighted by Crippen LogP contribution is 2.31. The maximum Gasteiger partial charge on any atom is 0.164 e. The molecule has 0 bridgehead atoms. The molecule has 0 aliphatic rings. The van der Waals surface area contributed by atoms with Crippen molar-refractivity contribution in [2.75, 3.05) is 19.8 Å². The van der Waals surface area contributed by atoms with Gasteiger partial charge in [-0.1, -0.05) is 0 Å². The predicted octanol–water partition coefficient (Wildman–Crippen LogP) is 2.90. The molecule has 4 heteroatoms. The molecule has 0 aromatic heterocycles. The molecule has 3 nitrogen and oxygen atoms in total. The normalized spacial score (nSPS) is 10.4. The van der Waals surface area contributed by atoms with E-state index in [0.717, 1.165) is 12.8 Å². The van der Waals surface area contributed by atoms with E-state index in [1.807, 2.05) is 13.8 Å². The number of benzene rings is 1. The molecule has 102 valence electrons. The maximum atomic E-state index is 13.9. The highest BCUT2D eigenvalue weighted by atomic mass is 19.1. The molecule has 0 saturated carbocycles. The number of hydrogen-bond acceptors (Lipinski definition) is 3. The number of halogens is 1. The van der Waals surface area contributed by atoms with Crippen LogP contribution in [-0.2, 0) is 6.42 Å². The molecule has 0 fully saturated rings. The van der Waals surface area contributed by atoms with Gasteiger partial charge in [0.15, 0.2) is 11.5 Å². The van der Waals surface area contributed by atoms with E-state index in [2.05, 4.69) is 0 Å². The molecule has 0 saturated heterocycles. The molecule has 1 aromatic rings. The molecule has 2 N–H and O–H groups in total. The van der Waals surface area contributed by atoms with Crippen molar-refractivity contribution in [2.45, 2.75) is 33.1 Å². The fraction of sp³-hybridized carbons (Fsp3) is 0.571. The predicted molar refractivity (Wildman–Crippen MR) is 70.7 cm³/mol. The first-order valence-electron chi connectivity index (χ1n) is 6.51. The summed E-state index contributed by atoms with van der Waals surface area (Å²) in [5, 5.41) is 0. The smallest absolute Gasteiger partial charge is 0.164 e. The summed E-state index contributed by atoms with van der Waals surface area (Å²) < 4.78 is 24.7. The zero-order valence-electron chi connectivity index (χ0n) is 11.2. The van der Waals surface area contributed by atoms with E-state index in [-0.39, 0.29) is 5.82 Å². The lowest BCUT2D eigenvalue weighted by Gasteiger charge is -2.13. The molecule has 0 atom stereocenters. The number of hydrogen-bond donors (Lipinski definition) is 1. The van der Waals surface area contributed by atoms with Crippen LogP contribution in [-0.4, -0.2) is 19.8 Å². The molecule has 1 rings (SSSR count). The van der Waals surface area contributed by atoms with Gasteiger partial charge in [0, 0.05) is 6.07 Å². The Kier molecular flexibility index (Phi) is 6.50. The van der Waals surface area contributed by atoms with E-state index in [1.165, 1.54) is 6.07 Å². The summed E-state index contributed by atoms with van der Waals surface area (Å²) in [7, 11) is 0. The van der Waals surface area contributed by atoms with Crippen LogP contribution < -0.4 is 15.2 Å². The fourth-order valence-electron chi connectivity index (χ4n) is 1.77. The third kappa shape index (κ3) is 4.18. The number of nitrogens with two attached hydrogens (primary N) is 1. The minimum Gasteiger partial charge on any atom is -0.490 e. The molecule has 0 heterocycles. The standard InChI is InChI=1S/C14H22FNO2/c1-3-17-13-9-11(7-5-6-8-16)12(15)10-14(13)18-4-2/h9-10H,3-8,16H2,1-2H3. The fourth-order valence-corrected chi connectivity index (χ4v) is 1.77. The molecular weight excluding hydrogens is 233 g/mol. The van der Waals surface area contributed by atoms with Gasteiger partial charge < -0.3 is 15.2 Å². The van der Waals surface area contributed by atoms with Crippen LogP contribution in [0.5, 0.6) is 11.5 Å². The second-order valence-electron chi connectivity index (χ2n) is 4.00. The van der Waals surface area contributed by atoms with Crippen LogP contribution in [0.4, 0.5) is 4.39 Å². The van der Waals surface area contributed by atoms with E-state index >= 15 is 0 Å². The summed E-state index contributed by atoms with van der Waals surface area (Å²) in [6.07, 6.45) is 2.46. The summed E-state index contributed by atoms with van der Waals surface area (Å²) in [6, 6.07) is 3.15. The Hall–Kier alpha value is -1.29. The van der Waals surface area contributed by atoms with Crippen molar-refractivity contribution >= 4 is 0 Å². The Bertz CT molecular complexity index is 369. The molecule has 0 aliphatic heterocycles. The summed E-state index contributed by atoms with van der Waals surface area (Å²) >= 11 is 0. The van der Waals surface area contributed by atoms with Gasteiger partial charge in [-0.05, 0) is 51.3 Å². The zero-order valence-corrected chi connectivity index (χ0v) is 11.2. The summed E-state index contributed by atoms with van der Waals surface area (Å²) in [4.78, 5) is 0. The quantitative estimate of drug-likeness (QED) is 0.726. The maximum absolute atomic E-state index is 13.9. The molecule has 0 amide bonds. The van der Waals surface area contributed by atoms with Gasteiger partial charge in [-0.2, -0.15) is 0 Å². The Morgan fingerprint density at radius 1 is 1.06 bits per heavy atom. The van der Waals surface area contributed by atoms with Crippen molar-refractivity contribution in [3.05, 3.63) is 23.5 Å². The number of aryl methyl sites for hydroxylation is 1. The third-order valence-corrected chi connectivity index (χ3v) is 2.61. The van der Waals surface area contributed by atoms with E-state index < -0.39 is 0 Å². The van der Waals surface area contributed by atoms with Crippen molar-refractivity contribution in [1.29, 1.82) is 0 Å². The Balaban J connectivity index is 2.87. The number of rotatable bonds is 8. The minimum absolute atomic E-state index is 0.237. The average Bonchev–Trinajstić information content (AvgIpc) is 2.35. The van der Waals surface area contributed by atoms with Gasteiger partial charge in [0.2, 0.25) is 0 Å². The van der Waals surface area contributed by atoms with E-state index in [1.54, 1.807) is 6.07 Å². The monoisotopic (exact) mass is 255 g/mol. The molecule has 0 unspecified atom stereocenters. The third-order valence-electron chi connectivity index (χ3n) is 2.61. The van der Waals surface area contributed by atoms with Crippen LogP contribution in [0.25, 0.3) is 0 Å². The van der Waals surface area contributed by atoms with Gasteiger partial charge in [0.1, 0.15) is 5.82 Å². The lowest BCUT2D eigenvalue weighted by atomic mass is 10.1. The van der Waals surface area contributed by atoms with Gasteiger partial charge in [0.25, 0.3) is 0 Å². The van der Waals surface area contributed by atoms with Gasteiger partial charge in [-0.15, -0.1) is 0 Å². The summed E-state index contributed by atoms with van der Waals surface area (Å²) in [5.41, 5.74) is 6.10. The van der Waals surface area contributed by atoms with Gasteiger partial charge in [0.05, 0.1) is 13.2 Å². The topological polar surface area (TPSA) is 44.5 Å². The first-order chi connectivity index (χ1) is 8.72. The van der Waals surface area contributed by atoms with Gasteiger partial charge in [-0.25, -0.2) is 4.39 Å².